The number of rotatable bonds is 7. The Labute approximate surface area is 194 Å². The third-order valence-electron chi connectivity index (χ3n) is 5.60. The number of benzene rings is 1. The molecule has 4 amide bonds. The molecule has 1 aromatic carbocycles. The number of fused-ring (bicyclic) bond motifs is 1. The van der Waals surface area contributed by atoms with Gasteiger partial charge in [-0.1, -0.05) is 12.1 Å². The molecule has 180 valence electrons. The third-order valence-corrected chi connectivity index (χ3v) is 5.60. The number of nitrogens with one attached hydrogen (secondary N) is 2. The summed E-state index contributed by atoms with van der Waals surface area (Å²) >= 11 is 0. The maximum atomic E-state index is 13.4. The molecule has 2 heterocycles. The minimum atomic E-state index is -1.31. The zero-order valence-corrected chi connectivity index (χ0v) is 18.3. The molecule has 1 fully saturated rings. The van der Waals surface area contributed by atoms with Gasteiger partial charge in [0.15, 0.2) is 0 Å². The number of aliphatic carboxylic acids is 1. The molecule has 0 unspecified atom stereocenters. The van der Waals surface area contributed by atoms with E-state index in [-0.39, 0.29) is 36.9 Å². The maximum Gasteiger partial charge on any atom is 0.305 e. The van der Waals surface area contributed by atoms with Crippen molar-refractivity contribution in [1.29, 1.82) is 0 Å². The van der Waals surface area contributed by atoms with Gasteiger partial charge in [-0.15, -0.1) is 0 Å². The molecule has 3 atom stereocenters. The Hall–Kier alpha value is -4.22. The Balaban J connectivity index is 1.84. The minimum Gasteiger partial charge on any atom is -0.508 e. The van der Waals surface area contributed by atoms with Crippen molar-refractivity contribution < 1.29 is 39.0 Å². The number of hydrazine groups is 1. The van der Waals surface area contributed by atoms with E-state index in [1.54, 1.807) is 6.92 Å². The van der Waals surface area contributed by atoms with Crippen LogP contribution in [0.1, 0.15) is 41.6 Å². The number of aldehydes is 1. The van der Waals surface area contributed by atoms with Crippen molar-refractivity contribution >= 4 is 35.9 Å². The number of carboxylic acids is 1. The fraction of sp³-hybridized carbons (Fsp3) is 0.364. The number of aromatic hydroxyl groups is 1. The predicted octanol–water partition coefficient (Wildman–Crippen LogP) is -0.391. The molecule has 2 aliphatic rings. The van der Waals surface area contributed by atoms with E-state index in [9.17, 15) is 33.9 Å². The molecule has 2 aliphatic heterocycles. The van der Waals surface area contributed by atoms with E-state index in [0.29, 0.717) is 5.56 Å². The van der Waals surface area contributed by atoms with Gasteiger partial charge >= 0.3 is 5.97 Å². The summed E-state index contributed by atoms with van der Waals surface area (Å²) in [6, 6.07) is 0.674. The van der Waals surface area contributed by atoms with Crippen LogP contribution < -0.4 is 10.6 Å². The van der Waals surface area contributed by atoms with Crippen molar-refractivity contribution in [3.8, 4) is 5.75 Å². The molecule has 0 bridgehead atoms. The molecule has 1 saturated heterocycles. The van der Waals surface area contributed by atoms with Crippen LogP contribution in [0.2, 0.25) is 0 Å². The second-order valence-corrected chi connectivity index (χ2v) is 7.92. The number of amides is 4. The summed E-state index contributed by atoms with van der Waals surface area (Å²) in [7, 11) is 0. The highest BCUT2D eigenvalue weighted by atomic mass is 16.4. The van der Waals surface area contributed by atoms with Gasteiger partial charge in [0.05, 0.1) is 12.5 Å². The van der Waals surface area contributed by atoms with Crippen LogP contribution in [0.25, 0.3) is 0 Å². The lowest BCUT2D eigenvalue weighted by Crippen LogP contribution is -2.62. The van der Waals surface area contributed by atoms with Crippen LogP contribution in [-0.2, 0) is 24.0 Å². The molecular weight excluding hydrogens is 448 g/mol. The predicted molar refractivity (Wildman–Crippen MR) is 115 cm³/mol. The first-order valence-corrected chi connectivity index (χ1v) is 10.5. The maximum absolute atomic E-state index is 13.4. The lowest BCUT2D eigenvalue weighted by Gasteiger charge is -2.39. The summed E-state index contributed by atoms with van der Waals surface area (Å²) in [5.41, 5.74) is 0.464. The molecule has 1 aromatic rings. The average molecular weight is 472 g/mol. The monoisotopic (exact) mass is 472 g/mol. The first-order valence-electron chi connectivity index (χ1n) is 10.5. The quantitative estimate of drug-likeness (QED) is 0.388. The smallest absolute Gasteiger partial charge is 0.305 e. The molecular formula is C22H24N4O8. The van der Waals surface area contributed by atoms with Crippen LogP contribution >= 0.6 is 0 Å². The van der Waals surface area contributed by atoms with Crippen LogP contribution in [0.3, 0.4) is 0 Å². The van der Waals surface area contributed by atoms with Crippen LogP contribution in [0.15, 0.2) is 30.5 Å². The highest BCUT2D eigenvalue weighted by Gasteiger charge is 2.43. The number of carbonyl (C=O) groups excluding carboxylic acids is 5. The third kappa shape index (κ3) is 5.05. The van der Waals surface area contributed by atoms with Gasteiger partial charge in [0.2, 0.25) is 11.8 Å². The summed E-state index contributed by atoms with van der Waals surface area (Å²) in [5, 5.41) is 25.5. The molecule has 0 spiro atoms. The van der Waals surface area contributed by atoms with Crippen molar-refractivity contribution in [2.75, 3.05) is 0 Å². The minimum absolute atomic E-state index is 0.00628. The number of phenols is 1. The van der Waals surface area contributed by atoms with Crippen molar-refractivity contribution in [1.82, 2.24) is 20.7 Å². The first kappa shape index (κ1) is 24.4. The largest absolute Gasteiger partial charge is 0.508 e. The molecule has 0 aromatic heterocycles. The topological polar surface area (TPSA) is 173 Å². The van der Waals surface area contributed by atoms with E-state index in [4.69, 9.17) is 5.11 Å². The van der Waals surface area contributed by atoms with Gasteiger partial charge in [-0.2, -0.15) is 0 Å². The lowest BCUT2D eigenvalue weighted by atomic mass is 10.0. The van der Waals surface area contributed by atoms with Crippen LogP contribution in [0.4, 0.5) is 0 Å². The standard InChI is InChI=1S/C22H24N4O8/c1-12-14(4-2-6-17(12)28)20(32)24-15-7-8-18(29)25-9-3-5-16(26(25)22(15)34)21(33)23-13(11-27)10-19(30)31/h2-4,6,9,11,13,15-16,28H,5,7-8,10H2,1H3,(H,23,33)(H,24,32)(H,30,31)/t13-,15-,16-/m0/s1. The normalized spacial score (nSPS) is 20.7. The molecule has 3 rings (SSSR count). The Bertz CT molecular complexity index is 1070. The molecule has 34 heavy (non-hydrogen) atoms. The second kappa shape index (κ2) is 10.1. The first-order chi connectivity index (χ1) is 16.1. The molecule has 12 heteroatoms. The van der Waals surface area contributed by atoms with Gasteiger partial charge in [0.25, 0.3) is 11.8 Å². The molecule has 0 saturated carbocycles. The fourth-order valence-corrected chi connectivity index (χ4v) is 3.80. The number of phenolic OH excluding ortho intramolecular Hbond substituents is 1. The van der Waals surface area contributed by atoms with Gasteiger partial charge in [-0.25, -0.2) is 10.0 Å². The van der Waals surface area contributed by atoms with E-state index >= 15 is 0 Å². The summed E-state index contributed by atoms with van der Waals surface area (Å²) in [5.74, 6) is -4.04. The molecule has 12 nitrogen and oxygen atoms in total. The summed E-state index contributed by atoms with van der Waals surface area (Å²) in [6.07, 6.45) is 2.38. The number of carbonyl (C=O) groups is 6. The highest BCUT2D eigenvalue weighted by Crippen LogP contribution is 2.25. The summed E-state index contributed by atoms with van der Waals surface area (Å²) in [4.78, 5) is 73.8. The van der Waals surface area contributed by atoms with Crippen LogP contribution in [-0.4, -0.2) is 74.2 Å². The molecule has 4 N–H and O–H groups in total. The zero-order valence-electron chi connectivity index (χ0n) is 18.3. The highest BCUT2D eigenvalue weighted by molar-refractivity contribution is 6.01. The fourth-order valence-electron chi connectivity index (χ4n) is 3.80. The van der Waals surface area contributed by atoms with Crippen LogP contribution in [0.5, 0.6) is 5.75 Å². The molecule has 0 radical (unpaired) electrons. The van der Waals surface area contributed by atoms with Gasteiger partial charge in [-0.3, -0.25) is 24.0 Å². The number of hydrogen-bond acceptors (Lipinski definition) is 7. The summed E-state index contributed by atoms with van der Waals surface area (Å²) in [6.45, 7) is 1.54. The average Bonchev–Trinajstić information content (AvgIpc) is 2.92. The lowest BCUT2D eigenvalue weighted by molar-refractivity contribution is -0.166. The Morgan fingerprint density at radius 3 is 2.68 bits per heavy atom. The van der Waals surface area contributed by atoms with Gasteiger partial charge < -0.3 is 25.6 Å². The van der Waals surface area contributed by atoms with Crippen LogP contribution in [0, 0.1) is 6.92 Å². The van der Waals surface area contributed by atoms with Crippen molar-refractivity contribution in [2.45, 2.75) is 50.7 Å². The Morgan fingerprint density at radius 2 is 2.00 bits per heavy atom. The van der Waals surface area contributed by atoms with Crippen molar-refractivity contribution in [2.24, 2.45) is 0 Å². The van der Waals surface area contributed by atoms with Gasteiger partial charge in [0, 0.05) is 23.7 Å². The van der Waals surface area contributed by atoms with E-state index in [1.807, 2.05) is 0 Å². The van der Waals surface area contributed by atoms with Crippen molar-refractivity contribution in [3.05, 3.63) is 41.6 Å². The summed E-state index contributed by atoms with van der Waals surface area (Å²) < 4.78 is 0. The SMILES string of the molecule is Cc1c(O)cccc1C(=O)N[C@H]1CCC(=O)N2C=CC[C@@H](C(=O)N[C@H](C=O)CC(=O)O)N2C1=O. The number of carboxylic acid groups (broad SMARTS) is 1. The zero-order chi connectivity index (χ0) is 25.0. The van der Waals surface area contributed by atoms with E-state index < -0.39 is 54.1 Å². The van der Waals surface area contributed by atoms with E-state index in [0.717, 1.165) is 10.0 Å². The Kier molecular flexibility index (Phi) is 7.29. The Morgan fingerprint density at radius 1 is 1.26 bits per heavy atom. The van der Waals surface area contributed by atoms with Crippen molar-refractivity contribution in [3.63, 3.8) is 0 Å². The second-order valence-electron chi connectivity index (χ2n) is 7.92. The van der Waals surface area contributed by atoms with Gasteiger partial charge in [-0.05, 0) is 31.9 Å². The molecule has 0 aliphatic carbocycles. The number of hydrogen-bond donors (Lipinski definition) is 4. The van der Waals surface area contributed by atoms with E-state index in [2.05, 4.69) is 10.6 Å². The van der Waals surface area contributed by atoms with Gasteiger partial charge in [0.1, 0.15) is 24.1 Å². The van der Waals surface area contributed by atoms with E-state index in [1.165, 1.54) is 30.5 Å². The number of nitrogens with zero attached hydrogens (tertiary/aromatic N) is 2.